The van der Waals surface area contributed by atoms with E-state index in [1.54, 1.807) is 26.1 Å². The van der Waals surface area contributed by atoms with Gasteiger partial charge in [0.15, 0.2) is 0 Å². The molecule has 2 N–H and O–H groups in total. The first-order valence-corrected chi connectivity index (χ1v) is 9.44. The number of hydrogen-bond acceptors (Lipinski definition) is 5. The molecule has 23 heavy (non-hydrogen) atoms. The summed E-state index contributed by atoms with van der Waals surface area (Å²) in [6, 6.07) is 3.01. The summed E-state index contributed by atoms with van der Waals surface area (Å²) in [5, 5.41) is 14.4. The molecular formula is C13H14ClN3O4S2. The van der Waals surface area contributed by atoms with E-state index in [-0.39, 0.29) is 16.0 Å². The standard InChI is InChI=1S/C13H14ClN3O4S2/c1-7-8(2)13(7,12(18)19)16-23(20,21)11-4-3-10(22-11)17-6-9(14)5-15-17/h3-8,16H,1-2H3,(H,18,19)/t7-,8+,13?. The third kappa shape index (κ3) is 2.57. The first-order valence-electron chi connectivity index (χ1n) is 6.76. The van der Waals surface area contributed by atoms with Crippen LogP contribution in [0.25, 0.3) is 5.00 Å². The minimum absolute atomic E-state index is 0.0334. The Kier molecular flexibility index (Phi) is 3.79. The van der Waals surface area contributed by atoms with Crippen molar-refractivity contribution in [3.05, 3.63) is 29.5 Å². The molecule has 0 radical (unpaired) electrons. The van der Waals surface area contributed by atoms with Gasteiger partial charge in [-0.2, -0.15) is 9.82 Å². The average Bonchev–Trinajstić information content (AvgIpc) is 2.93. The summed E-state index contributed by atoms with van der Waals surface area (Å²) in [4.78, 5) is 11.5. The molecule has 0 bridgehead atoms. The van der Waals surface area contributed by atoms with E-state index in [1.807, 2.05) is 0 Å². The molecule has 0 spiro atoms. The fraction of sp³-hybridized carbons (Fsp3) is 0.385. The number of nitrogens with zero attached hydrogens (tertiary/aromatic N) is 2. The molecule has 1 fully saturated rings. The summed E-state index contributed by atoms with van der Waals surface area (Å²) in [5.74, 6) is -1.69. The molecule has 10 heteroatoms. The molecule has 0 aromatic carbocycles. The maximum absolute atomic E-state index is 12.5. The monoisotopic (exact) mass is 375 g/mol. The van der Waals surface area contributed by atoms with Crippen molar-refractivity contribution in [1.29, 1.82) is 0 Å². The van der Waals surface area contributed by atoms with Crippen molar-refractivity contribution in [3.63, 3.8) is 0 Å². The molecule has 3 atom stereocenters. The van der Waals surface area contributed by atoms with Crippen LogP contribution in [0.3, 0.4) is 0 Å². The van der Waals surface area contributed by atoms with Gasteiger partial charge in [-0.15, -0.1) is 11.3 Å². The van der Waals surface area contributed by atoms with Crippen molar-refractivity contribution in [1.82, 2.24) is 14.5 Å². The van der Waals surface area contributed by atoms with E-state index in [9.17, 15) is 18.3 Å². The third-order valence-corrected chi connectivity index (χ3v) is 7.59. The molecule has 0 aliphatic heterocycles. The molecule has 0 saturated heterocycles. The Bertz CT molecular complexity index is 865. The molecule has 124 valence electrons. The molecule has 0 amide bonds. The highest BCUT2D eigenvalue weighted by molar-refractivity contribution is 7.91. The number of aliphatic carboxylic acids is 1. The highest BCUT2D eigenvalue weighted by atomic mass is 35.5. The lowest BCUT2D eigenvalue weighted by molar-refractivity contribution is -0.140. The van der Waals surface area contributed by atoms with E-state index >= 15 is 0 Å². The van der Waals surface area contributed by atoms with E-state index < -0.39 is 21.5 Å². The summed E-state index contributed by atoms with van der Waals surface area (Å²) < 4.78 is 28.9. The predicted octanol–water partition coefficient (Wildman–Crippen LogP) is 1.97. The number of halogens is 1. The molecule has 2 aromatic heterocycles. The number of hydrogen-bond donors (Lipinski definition) is 2. The first kappa shape index (κ1) is 16.4. The molecular weight excluding hydrogens is 362 g/mol. The topological polar surface area (TPSA) is 101 Å². The Morgan fingerprint density at radius 2 is 2.09 bits per heavy atom. The number of thiophene rings is 1. The van der Waals surface area contributed by atoms with Crippen LogP contribution in [0.5, 0.6) is 0 Å². The molecule has 3 rings (SSSR count). The van der Waals surface area contributed by atoms with Gasteiger partial charge >= 0.3 is 5.97 Å². The third-order valence-electron chi connectivity index (χ3n) is 4.34. The molecule has 7 nitrogen and oxygen atoms in total. The van der Waals surface area contributed by atoms with Crippen LogP contribution < -0.4 is 4.72 Å². The highest BCUT2D eigenvalue weighted by Crippen LogP contribution is 2.51. The van der Waals surface area contributed by atoms with E-state index in [2.05, 4.69) is 9.82 Å². The van der Waals surface area contributed by atoms with Crippen molar-refractivity contribution in [3.8, 4) is 5.00 Å². The van der Waals surface area contributed by atoms with E-state index in [4.69, 9.17) is 11.6 Å². The smallest absolute Gasteiger partial charge is 0.325 e. The zero-order valence-corrected chi connectivity index (χ0v) is 14.6. The van der Waals surface area contributed by atoms with Gasteiger partial charge in [-0.1, -0.05) is 25.4 Å². The summed E-state index contributed by atoms with van der Waals surface area (Å²) in [6.45, 7) is 3.43. The zero-order chi connectivity index (χ0) is 17.0. The number of carboxylic acid groups (broad SMARTS) is 1. The van der Waals surface area contributed by atoms with Crippen molar-refractivity contribution in [2.24, 2.45) is 11.8 Å². The van der Waals surface area contributed by atoms with Crippen molar-refractivity contribution in [2.75, 3.05) is 0 Å². The number of aromatic nitrogens is 2. The Labute approximate surface area is 141 Å². The number of rotatable bonds is 5. The van der Waals surface area contributed by atoms with E-state index in [0.29, 0.717) is 10.0 Å². The summed E-state index contributed by atoms with van der Waals surface area (Å²) in [5.41, 5.74) is -1.43. The second-order valence-corrected chi connectivity index (χ2v) is 8.96. The van der Waals surface area contributed by atoms with Crippen LogP contribution in [0.1, 0.15) is 13.8 Å². The molecule has 2 aromatic rings. The molecule has 1 unspecified atom stereocenters. The number of carbonyl (C=O) groups is 1. The van der Waals surface area contributed by atoms with Gasteiger partial charge in [-0.25, -0.2) is 13.1 Å². The molecule has 1 saturated carbocycles. The second kappa shape index (κ2) is 5.30. The van der Waals surface area contributed by atoms with Gasteiger partial charge in [-0.05, 0) is 24.0 Å². The van der Waals surface area contributed by atoms with Gasteiger partial charge in [0.05, 0.1) is 17.4 Å². The Morgan fingerprint density at radius 1 is 1.43 bits per heavy atom. The van der Waals surface area contributed by atoms with E-state index in [0.717, 1.165) is 11.3 Å². The van der Waals surface area contributed by atoms with Crippen LogP contribution >= 0.6 is 22.9 Å². The summed E-state index contributed by atoms with van der Waals surface area (Å²) >= 11 is 6.78. The van der Waals surface area contributed by atoms with Gasteiger partial charge in [0, 0.05) is 0 Å². The molecule has 1 aliphatic rings. The van der Waals surface area contributed by atoms with Gasteiger partial charge in [0.1, 0.15) is 14.7 Å². The second-order valence-electron chi connectivity index (χ2n) is 5.55. The largest absolute Gasteiger partial charge is 0.480 e. The van der Waals surface area contributed by atoms with Crippen LogP contribution in [-0.4, -0.2) is 34.8 Å². The van der Waals surface area contributed by atoms with Crippen molar-refractivity contribution in [2.45, 2.75) is 23.6 Å². The molecule has 1 aliphatic carbocycles. The van der Waals surface area contributed by atoms with Crippen LogP contribution in [0.15, 0.2) is 28.7 Å². The number of sulfonamides is 1. The lowest BCUT2D eigenvalue weighted by atomic mass is 10.2. The van der Waals surface area contributed by atoms with Crippen LogP contribution in [0, 0.1) is 11.8 Å². The van der Waals surface area contributed by atoms with Crippen molar-refractivity contribution >= 4 is 38.9 Å². The summed E-state index contributed by atoms with van der Waals surface area (Å²) in [7, 11) is -3.93. The minimum Gasteiger partial charge on any atom is -0.480 e. The maximum Gasteiger partial charge on any atom is 0.325 e. The van der Waals surface area contributed by atoms with Crippen LogP contribution in [0.4, 0.5) is 0 Å². The van der Waals surface area contributed by atoms with Crippen molar-refractivity contribution < 1.29 is 18.3 Å². The predicted molar refractivity (Wildman–Crippen MR) is 85.5 cm³/mol. The quantitative estimate of drug-likeness (QED) is 0.832. The Hall–Kier alpha value is -1.42. The average molecular weight is 376 g/mol. The number of nitrogens with one attached hydrogen (secondary N) is 1. The lowest BCUT2D eigenvalue weighted by Crippen LogP contribution is -2.45. The minimum atomic E-state index is -3.93. The lowest BCUT2D eigenvalue weighted by Gasteiger charge is -2.14. The van der Waals surface area contributed by atoms with Gasteiger partial charge in [0.25, 0.3) is 10.0 Å². The Morgan fingerprint density at radius 3 is 2.57 bits per heavy atom. The van der Waals surface area contributed by atoms with Crippen LogP contribution in [0.2, 0.25) is 5.02 Å². The molecule has 2 heterocycles. The van der Waals surface area contributed by atoms with Gasteiger partial charge in [-0.3, -0.25) is 4.79 Å². The zero-order valence-electron chi connectivity index (χ0n) is 12.2. The normalized spacial score (nSPS) is 27.1. The van der Waals surface area contributed by atoms with Gasteiger partial charge < -0.3 is 5.11 Å². The summed E-state index contributed by atoms with van der Waals surface area (Å²) in [6.07, 6.45) is 3.00. The first-order chi connectivity index (χ1) is 10.7. The SMILES string of the molecule is C[C@@H]1[C@H](C)C1(NS(=O)(=O)c1ccc(-n2cc(Cl)cn2)s1)C(=O)O. The maximum atomic E-state index is 12.5. The van der Waals surface area contributed by atoms with E-state index in [1.165, 1.54) is 16.9 Å². The van der Waals surface area contributed by atoms with Gasteiger partial charge in [0.2, 0.25) is 0 Å². The highest BCUT2D eigenvalue weighted by Gasteiger charge is 2.67. The fourth-order valence-corrected chi connectivity index (χ4v) is 5.55. The fourth-order valence-electron chi connectivity index (χ4n) is 2.67. The van der Waals surface area contributed by atoms with Crippen LogP contribution in [-0.2, 0) is 14.8 Å². The number of carboxylic acids is 1. The Balaban J connectivity index is 1.89.